The maximum atomic E-state index is 5.36. The number of nitrogen functional groups attached to an aromatic ring is 1. The van der Waals surface area contributed by atoms with Crippen LogP contribution in [0, 0.1) is 0 Å². The molecule has 0 aliphatic carbocycles. The molecule has 0 radical (unpaired) electrons. The molecule has 2 aromatic heterocycles. The van der Waals surface area contributed by atoms with Gasteiger partial charge in [-0.2, -0.15) is 0 Å². The molecule has 0 atom stereocenters. The lowest BCUT2D eigenvalue weighted by Crippen LogP contribution is -1.90. The molecule has 0 saturated heterocycles. The molecule has 0 bridgehead atoms. The molecule has 6 nitrogen and oxygen atoms in total. The lowest BCUT2D eigenvalue weighted by molar-refractivity contribution is 0.397. The van der Waals surface area contributed by atoms with Gasteiger partial charge in [-0.1, -0.05) is 32.0 Å². The second-order valence-electron chi connectivity index (χ2n) is 3.73. The number of nitrogens with zero attached hydrogens (tertiary/aromatic N) is 3. The van der Waals surface area contributed by atoms with Gasteiger partial charge in [0.15, 0.2) is 6.39 Å². The molecule has 0 unspecified atom stereocenters. The van der Waals surface area contributed by atoms with Crippen LogP contribution in [0.15, 0.2) is 59.8 Å². The Morgan fingerprint density at radius 3 is 2.23 bits per heavy atom. The standard InChI is InChI=1S/C8H7N3O2.C6H7N.C2H6/c1-12-8-2-6(9-4-10-8)7-3-13-5-11-7;7-6-4-2-1-3-5-6;1-2/h2-5H,1H3;1-5H,7H2;1-2H3. The van der Waals surface area contributed by atoms with E-state index < -0.39 is 0 Å². The molecule has 2 N–H and O–H groups in total. The number of aromatic nitrogens is 3. The van der Waals surface area contributed by atoms with Gasteiger partial charge >= 0.3 is 0 Å². The highest BCUT2D eigenvalue weighted by molar-refractivity contribution is 5.52. The van der Waals surface area contributed by atoms with Crippen molar-refractivity contribution in [1.82, 2.24) is 15.0 Å². The molecule has 3 aromatic rings. The van der Waals surface area contributed by atoms with Gasteiger partial charge in [0.05, 0.1) is 12.8 Å². The summed E-state index contributed by atoms with van der Waals surface area (Å²) in [5.41, 5.74) is 7.53. The first-order valence-electron chi connectivity index (χ1n) is 6.84. The van der Waals surface area contributed by atoms with Crippen LogP contribution < -0.4 is 10.5 Å². The quantitative estimate of drug-likeness (QED) is 0.729. The first-order chi connectivity index (χ1) is 10.8. The van der Waals surface area contributed by atoms with Crippen molar-refractivity contribution in [3.8, 4) is 17.3 Å². The van der Waals surface area contributed by atoms with Gasteiger partial charge in [-0.3, -0.25) is 0 Å². The van der Waals surface area contributed by atoms with Gasteiger partial charge in [0.1, 0.15) is 18.3 Å². The van der Waals surface area contributed by atoms with Crippen molar-refractivity contribution in [3.63, 3.8) is 0 Å². The Morgan fingerprint density at radius 2 is 1.73 bits per heavy atom. The van der Waals surface area contributed by atoms with Crippen molar-refractivity contribution < 1.29 is 9.15 Å². The number of ether oxygens (including phenoxy) is 1. The molecular formula is C16H20N4O2. The highest BCUT2D eigenvalue weighted by Gasteiger charge is 2.03. The van der Waals surface area contributed by atoms with E-state index in [9.17, 15) is 0 Å². The zero-order chi connectivity index (χ0) is 16.2. The Labute approximate surface area is 130 Å². The summed E-state index contributed by atoms with van der Waals surface area (Å²) < 4.78 is 9.77. The molecular weight excluding hydrogens is 280 g/mol. The van der Waals surface area contributed by atoms with Crippen molar-refractivity contribution in [3.05, 3.63) is 55.4 Å². The second kappa shape index (κ2) is 9.93. The van der Waals surface area contributed by atoms with Crippen molar-refractivity contribution in [1.29, 1.82) is 0 Å². The predicted octanol–water partition coefficient (Wildman–Crippen LogP) is 3.44. The van der Waals surface area contributed by atoms with E-state index in [1.165, 1.54) is 19.0 Å². The smallest absolute Gasteiger partial charge is 0.216 e. The van der Waals surface area contributed by atoms with E-state index in [2.05, 4.69) is 15.0 Å². The van der Waals surface area contributed by atoms with Crippen LogP contribution in [0.1, 0.15) is 13.8 Å². The summed E-state index contributed by atoms with van der Waals surface area (Å²) in [5, 5.41) is 0. The van der Waals surface area contributed by atoms with Gasteiger partial charge < -0.3 is 14.9 Å². The zero-order valence-corrected chi connectivity index (χ0v) is 12.9. The number of anilines is 1. The van der Waals surface area contributed by atoms with Crippen LogP contribution in [-0.4, -0.2) is 22.1 Å². The SMILES string of the molecule is CC.COc1cc(-c2cocn2)ncn1.Nc1ccccc1. The monoisotopic (exact) mass is 300 g/mol. The topological polar surface area (TPSA) is 87.1 Å². The lowest BCUT2D eigenvalue weighted by atomic mass is 10.3. The van der Waals surface area contributed by atoms with Crippen molar-refractivity contribution in [2.75, 3.05) is 12.8 Å². The molecule has 3 rings (SSSR count). The fraction of sp³-hybridized carbons (Fsp3) is 0.188. The molecule has 0 spiro atoms. The Hall–Kier alpha value is -2.89. The molecule has 0 fully saturated rings. The normalized spacial score (nSPS) is 8.86. The molecule has 6 heteroatoms. The molecule has 0 saturated carbocycles. The zero-order valence-electron chi connectivity index (χ0n) is 12.9. The molecule has 1 aromatic carbocycles. The molecule has 2 heterocycles. The number of benzene rings is 1. The fourth-order valence-corrected chi connectivity index (χ4v) is 1.38. The minimum absolute atomic E-state index is 0.507. The van der Waals surface area contributed by atoms with Crippen LogP contribution in [0.4, 0.5) is 5.69 Å². The van der Waals surface area contributed by atoms with E-state index in [1.807, 2.05) is 44.2 Å². The van der Waals surface area contributed by atoms with Gasteiger partial charge in [0.2, 0.25) is 5.88 Å². The number of para-hydroxylation sites is 1. The number of nitrogens with two attached hydrogens (primary N) is 1. The number of hydrogen-bond donors (Lipinski definition) is 1. The maximum absolute atomic E-state index is 5.36. The van der Waals surface area contributed by atoms with E-state index in [0.717, 1.165) is 5.69 Å². The largest absolute Gasteiger partial charge is 0.481 e. The van der Waals surface area contributed by atoms with E-state index >= 15 is 0 Å². The van der Waals surface area contributed by atoms with E-state index in [1.54, 1.807) is 13.2 Å². The van der Waals surface area contributed by atoms with E-state index in [4.69, 9.17) is 14.9 Å². The summed E-state index contributed by atoms with van der Waals surface area (Å²) in [7, 11) is 1.55. The third kappa shape index (κ3) is 5.62. The van der Waals surface area contributed by atoms with Gasteiger partial charge in [-0.05, 0) is 12.1 Å². The summed E-state index contributed by atoms with van der Waals surface area (Å²) in [6.07, 6.45) is 4.29. The summed E-state index contributed by atoms with van der Waals surface area (Å²) in [6, 6.07) is 11.2. The number of methoxy groups -OCH3 is 1. The Kier molecular flexibility index (Phi) is 7.74. The van der Waals surface area contributed by atoms with E-state index in [-0.39, 0.29) is 0 Å². The molecule has 0 aliphatic rings. The fourth-order valence-electron chi connectivity index (χ4n) is 1.38. The third-order valence-corrected chi connectivity index (χ3v) is 2.35. The number of oxazole rings is 1. The Balaban J connectivity index is 0.000000228. The molecule has 22 heavy (non-hydrogen) atoms. The van der Waals surface area contributed by atoms with Crippen molar-refractivity contribution in [2.24, 2.45) is 0 Å². The van der Waals surface area contributed by atoms with Gasteiger partial charge in [0, 0.05) is 11.8 Å². The van der Waals surface area contributed by atoms with E-state index in [0.29, 0.717) is 17.3 Å². The molecule has 116 valence electrons. The number of hydrogen-bond acceptors (Lipinski definition) is 6. The summed E-state index contributed by atoms with van der Waals surface area (Å²) in [5.74, 6) is 0.507. The average molecular weight is 300 g/mol. The van der Waals surface area contributed by atoms with Gasteiger partial charge in [0.25, 0.3) is 0 Å². The van der Waals surface area contributed by atoms with Crippen molar-refractivity contribution in [2.45, 2.75) is 13.8 Å². The Morgan fingerprint density at radius 1 is 1.00 bits per heavy atom. The third-order valence-electron chi connectivity index (χ3n) is 2.35. The average Bonchev–Trinajstić information content (AvgIpc) is 3.13. The van der Waals surface area contributed by atoms with Crippen LogP contribution in [0.25, 0.3) is 11.4 Å². The van der Waals surface area contributed by atoms with Crippen molar-refractivity contribution >= 4 is 5.69 Å². The lowest BCUT2D eigenvalue weighted by Gasteiger charge is -1.98. The van der Waals surface area contributed by atoms with Gasteiger partial charge in [-0.15, -0.1) is 0 Å². The van der Waals surface area contributed by atoms with Crippen LogP contribution >= 0.6 is 0 Å². The first-order valence-corrected chi connectivity index (χ1v) is 6.84. The van der Waals surface area contributed by atoms with Crippen LogP contribution in [-0.2, 0) is 0 Å². The maximum Gasteiger partial charge on any atom is 0.216 e. The van der Waals surface area contributed by atoms with Crippen LogP contribution in [0.3, 0.4) is 0 Å². The van der Waals surface area contributed by atoms with Gasteiger partial charge in [-0.25, -0.2) is 15.0 Å². The number of rotatable bonds is 2. The van der Waals surface area contributed by atoms with Crippen LogP contribution in [0.5, 0.6) is 5.88 Å². The first kappa shape index (κ1) is 17.2. The Bertz CT molecular complexity index is 628. The molecule has 0 aliphatic heterocycles. The highest BCUT2D eigenvalue weighted by Crippen LogP contribution is 2.16. The highest BCUT2D eigenvalue weighted by atomic mass is 16.5. The summed E-state index contributed by atoms with van der Waals surface area (Å²) in [4.78, 5) is 11.8. The minimum atomic E-state index is 0.507. The second-order valence-corrected chi connectivity index (χ2v) is 3.73. The van der Waals surface area contributed by atoms with Crippen LogP contribution in [0.2, 0.25) is 0 Å². The summed E-state index contributed by atoms with van der Waals surface area (Å²) in [6.45, 7) is 4.00. The summed E-state index contributed by atoms with van der Waals surface area (Å²) >= 11 is 0. The predicted molar refractivity (Wildman–Crippen MR) is 86.3 cm³/mol. The minimum Gasteiger partial charge on any atom is -0.481 e. The molecule has 0 amide bonds.